The number of hydrogen-bond donors (Lipinski definition) is 1. The van der Waals surface area contributed by atoms with E-state index in [0.29, 0.717) is 5.56 Å². The number of carboxylic acids is 1. The van der Waals surface area contributed by atoms with E-state index in [4.69, 9.17) is 5.11 Å². The molecule has 0 saturated carbocycles. The SMILES string of the molecule is Cn1nc(-c2ccccc2OC(F)F)cc1C(=O)O. The molecule has 0 aliphatic rings. The van der Waals surface area contributed by atoms with Crippen molar-refractivity contribution in [3.8, 4) is 17.0 Å². The maximum Gasteiger partial charge on any atom is 0.387 e. The van der Waals surface area contributed by atoms with Crippen LogP contribution in [-0.2, 0) is 7.05 Å². The van der Waals surface area contributed by atoms with Crippen LogP contribution in [0.3, 0.4) is 0 Å². The topological polar surface area (TPSA) is 64.4 Å². The highest BCUT2D eigenvalue weighted by Gasteiger charge is 2.17. The largest absolute Gasteiger partial charge is 0.477 e. The molecule has 0 bridgehead atoms. The number of halogens is 2. The molecule has 7 heteroatoms. The Morgan fingerprint density at radius 2 is 2.11 bits per heavy atom. The second kappa shape index (κ2) is 5.05. The van der Waals surface area contributed by atoms with Crippen molar-refractivity contribution in [2.75, 3.05) is 0 Å². The highest BCUT2D eigenvalue weighted by molar-refractivity contribution is 5.87. The van der Waals surface area contributed by atoms with Gasteiger partial charge in [0.25, 0.3) is 0 Å². The van der Waals surface area contributed by atoms with Crippen molar-refractivity contribution < 1.29 is 23.4 Å². The van der Waals surface area contributed by atoms with E-state index in [1.807, 2.05) is 0 Å². The number of rotatable bonds is 4. The molecule has 0 saturated heterocycles. The Hall–Kier alpha value is -2.44. The van der Waals surface area contributed by atoms with Crippen molar-refractivity contribution in [1.82, 2.24) is 9.78 Å². The fourth-order valence-corrected chi connectivity index (χ4v) is 1.68. The first-order valence-corrected chi connectivity index (χ1v) is 5.30. The van der Waals surface area contributed by atoms with Crippen molar-refractivity contribution >= 4 is 5.97 Å². The number of aromatic carboxylic acids is 1. The van der Waals surface area contributed by atoms with Crippen LogP contribution in [-0.4, -0.2) is 27.5 Å². The predicted molar refractivity (Wildman–Crippen MR) is 62.2 cm³/mol. The average Bonchev–Trinajstić information content (AvgIpc) is 2.71. The normalized spacial score (nSPS) is 10.7. The first-order chi connectivity index (χ1) is 8.99. The zero-order valence-corrected chi connectivity index (χ0v) is 9.88. The Kier molecular flexibility index (Phi) is 3.46. The van der Waals surface area contributed by atoms with E-state index >= 15 is 0 Å². The van der Waals surface area contributed by atoms with Gasteiger partial charge in [-0.15, -0.1) is 0 Å². The third-order valence-corrected chi connectivity index (χ3v) is 2.48. The fourth-order valence-electron chi connectivity index (χ4n) is 1.68. The molecule has 2 aromatic rings. The molecule has 5 nitrogen and oxygen atoms in total. The minimum Gasteiger partial charge on any atom is -0.477 e. The molecule has 1 heterocycles. The smallest absolute Gasteiger partial charge is 0.387 e. The number of carboxylic acid groups (broad SMARTS) is 1. The molecule has 0 amide bonds. The maximum atomic E-state index is 12.3. The van der Waals surface area contributed by atoms with Crippen LogP contribution in [0.2, 0.25) is 0 Å². The Bertz CT molecular complexity index is 611. The predicted octanol–water partition coefficient (Wildman–Crippen LogP) is 2.39. The van der Waals surface area contributed by atoms with Gasteiger partial charge in [0.1, 0.15) is 11.4 Å². The van der Waals surface area contributed by atoms with Crippen molar-refractivity contribution in [1.29, 1.82) is 0 Å². The van der Waals surface area contributed by atoms with Crippen LogP contribution in [0.1, 0.15) is 10.5 Å². The lowest BCUT2D eigenvalue weighted by Crippen LogP contribution is -2.04. The standard InChI is InChI=1S/C12H10F2N2O3/c1-16-9(11(17)18)6-8(15-16)7-4-2-3-5-10(7)19-12(13)14/h2-6,12H,1H3,(H,17,18). The average molecular weight is 268 g/mol. The molecule has 0 unspecified atom stereocenters. The van der Waals surface area contributed by atoms with Gasteiger partial charge >= 0.3 is 12.6 Å². The van der Waals surface area contributed by atoms with E-state index in [0.717, 1.165) is 4.68 Å². The highest BCUT2D eigenvalue weighted by atomic mass is 19.3. The van der Waals surface area contributed by atoms with Gasteiger partial charge in [-0.2, -0.15) is 13.9 Å². The number of para-hydroxylation sites is 1. The molecule has 100 valence electrons. The summed E-state index contributed by atoms with van der Waals surface area (Å²) < 4.78 is 30.1. The molecule has 0 aliphatic heterocycles. The second-order valence-corrected chi connectivity index (χ2v) is 3.72. The molecule has 0 radical (unpaired) electrons. The third-order valence-electron chi connectivity index (χ3n) is 2.48. The first kappa shape index (κ1) is 13.0. The van der Waals surface area contributed by atoms with E-state index in [-0.39, 0.29) is 17.1 Å². The summed E-state index contributed by atoms with van der Waals surface area (Å²) in [5.41, 5.74) is 0.531. The number of nitrogens with zero attached hydrogens (tertiary/aromatic N) is 2. The van der Waals surface area contributed by atoms with Crippen LogP contribution in [0.5, 0.6) is 5.75 Å². The summed E-state index contributed by atoms with van der Waals surface area (Å²) in [5.74, 6) is -1.19. The molecule has 0 aliphatic carbocycles. The molecule has 0 fully saturated rings. The number of alkyl halides is 2. The van der Waals surface area contributed by atoms with Crippen LogP contribution >= 0.6 is 0 Å². The molecule has 1 aromatic heterocycles. The van der Waals surface area contributed by atoms with Crippen LogP contribution in [0.4, 0.5) is 8.78 Å². The van der Waals surface area contributed by atoms with E-state index in [1.54, 1.807) is 12.1 Å². The second-order valence-electron chi connectivity index (χ2n) is 3.72. The Balaban J connectivity index is 2.47. The minimum atomic E-state index is -2.95. The summed E-state index contributed by atoms with van der Waals surface area (Å²) >= 11 is 0. The number of aryl methyl sites for hydroxylation is 1. The number of benzene rings is 1. The van der Waals surface area contributed by atoms with Gasteiger partial charge < -0.3 is 9.84 Å². The van der Waals surface area contributed by atoms with Crippen molar-refractivity contribution in [2.24, 2.45) is 7.05 Å². The minimum absolute atomic E-state index is 0.0400. The summed E-state index contributed by atoms with van der Waals surface area (Å²) in [4.78, 5) is 10.9. The number of ether oxygens (including phenoxy) is 1. The number of carbonyl (C=O) groups is 1. The summed E-state index contributed by atoms with van der Waals surface area (Å²) in [7, 11) is 1.46. The molecule has 1 N–H and O–H groups in total. The summed E-state index contributed by atoms with van der Waals surface area (Å²) in [6.07, 6.45) is 0. The van der Waals surface area contributed by atoms with Crippen LogP contribution in [0.15, 0.2) is 30.3 Å². The lowest BCUT2D eigenvalue weighted by molar-refractivity contribution is -0.0494. The van der Waals surface area contributed by atoms with Gasteiger partial charge in [-0.25, -0.2) is 4.79 Å². The summed E-state index contributed by atoms with van der Waals surface area (Å²) in [6.45, 7) is -2.95. The van der Waals surface area contributed by atoms with Gasteiger partial charge in [-0.3, -0.25) is 4.68 Å². The van der Waals surface area contributed by atoms with Crippen molar-refractivity contribution in [3.63, 3.8) is 0 Å². The first-order valence-electron chi connectivity index (χ1n) is 5.30. The number of aromatic nitrogens is 2. The van der Waals surface area contributed by atoms with Crippen molar-refractivity contribution in [3.05, 3.63) is 36.0 Å². The van der Waals surface area contributed by atoms with E-state index in [2.05, 4.69) is 9.84 Å². The fraction of sp³-hybridized carbons (Fsp3) is 0.167. The van der Waals surface area contributed by atoms with Gasteiger partial charge in [0.15, 0.2) is 0 Å². The maximum absolute atomic E-state index is 12.3. The van der Waals surface area contributed by atoms with Crippen LogP contribution in [0.25, 0.3) is 11.3 Å². The highest BCUT2D eigenvalue weighted by Crippen LogP contribution is 2.30. The van der Waals surface area contributed by atoms with Gasteiger partial charge in [0.2, 0.25) is 0 Å². The van der Waals surface area contributed by atoms with Crippen LogP contribution < -0.4 is 4.74 Å². The Morgan fingerprint density at radius 3 is 2.68 bits per heavy atom. The van der Waals surface area contributed by atoms with Crippen molar-refractivity contribution in [2.45, 2.75) is 6.61 Å². The molecule has 0 spiro atoms. The van der Waals surface area contributed by atoms with Gasteiger partial charge in [0, 0.05) is 12.6 Å². The third kappa shape index (κ3) is 2.70. The molecule has 2 rings (SSSR count). The van der Waals surface area contributed by atoms with E-state index < -0.39 is 12.6 Å². The quantitative estimate of drug-likeness (QED) is 0.924. The van der Waals surface area contributed by atoms with Gasteiger partial charge in [0.05, 0.1) is 5.69 Å². The summed E-state index contributed by atoms with van der Waals surface area (Å²) in [5, 5.41) is 12.9. The monoisotopic (exact) mass is 268 g/mol. The van der Waals surface area contributed by atoms with E-state index in [9.17, 15) is 13.6 Å². The zero-order chi connectivity index (χ0) is 14.0. The molecule has 19 heavy (non-hydrogen) atoms. The summed E-state index contributed by atoms with van der Waals surface area (Å²) in [6, 6.07) is 7.38. The molecular formula is C12H10F2N2O3. The van der Waals surface area contributed by atoms with Crippen LogP contribution in [0, 0.1) is 0 Å². The number of hydrogen-bond acceptors (Lipinski definition) is 3. The molecule has 1 aromatic carbocycles. The Labute approximate surface area is 107 Å². The van der Waals surface area contributed by atoms with Gasteiger partial charge in [-0.1, -0.05) is 12.1 Å². The van der Waals surface area contributed by atoms with Gasteiger partial charge in [-0.05, 0) is 18.2 Å². The lowest BCUT2D eigenvalue weighted by Gasteiger charge is -2.08. The zero-order valence-electron chi connectivity index (χ0n) is 9.88. The van der Waals surface area contributed by atoms with E-state index in [1.165, 1.54) is 25.2 Å². The lowest BCUT2D eigenvalue weighted by atomic mass is 10.1. The molecule has 0 atom stereocenters. The molecular weight excluding hydrogens is 258 g/mol. The Morgan fingerprint density at radius 1 is 1.42 bits per heavy atom.